The van der Waals surface area contributed by atoms with Gasteiger partial charge in [0.05, 0.1) is 5.69 Å². The number of aryl methyl sites for hydroxylation is 3. The van der Waals surface area contributed by atoms with Gasteiger partial charge in [0.15, 0.2) is 0 Å². The van der Waals surface area contributed by atoms with Crippen LogP contribution in [0.3, 0.4) is 0 Å². The Morgan fingerprint density at radius 1 is 1.07 bits per heavy atom. The fourth-order valence-electron chi connectivity index (χ4n) is 4.01. The highest BCUT2D eigenvalue weighted by Gasteiger charge is 2.15. The molecule has 0 atom stereocenters. The molecule has 4 aromatic rings. The summed E-state index contributed by atoms with van der Waals surface area (Å²) in [5.74, 6) is 1.05. The zero-order valence-electron chi connectivity index (χ0n) is 15.9. The molecule has 0 saturated heterocycles. The summed E-state index contributed by atoms with van der Waals surface area (Å²) in [6.07, 6.45) is 5.58. The average Bonchev–Trinajstić information content (AvgIpc) is 3.30. The van der Waals surface area contributed by atoms with Gasteiger partial charge in [-0.05, 0) is 37.1 Å². The minimum Gasteiger partial charge on any atom is -0.340 e. The van der Waals surface area contributed by atoms with Gasteiger partial charge in [-0.2, -0.15) is 0 Å². The second kappa shape index (κ2) is 6.68. The van der Waals surface area contributed by atoms with Crippen LogP contribution in [-0.2, 0) is 20.0 Å². The normalized spacial score (nSPS) is 13.5. The van der Waals surface area contributed by atoms with E-state index in [1.165, 1.54) is 12.8 Å². The molecular weight excluding hydrogens is 348 g/mol. The first kappa shape index (κ1) is 16.8. The summed E-state index contributed by atoms with van der Waals surface area (Å²) in [6.45, 7) is 1.04. The molecule has 0 aliphatic carbocycles. The van der Waals surface area contributed by atoms with Gasteiger partial charge in [0.1, 0.15) is 11.5 Å². The molecule has 1 amide bonds. The summed E-state index contributed by atoms with van der Waals surface area (Å²) in [5.41, 5.74) is 4.46. The van der Waals surface area contributed by atoms with Crippen LogP contribution in [-0.4, -0.2) is 20.0 Å². The number of hydrogen-bond acceptors (Lipinski definition) is 2. The van der Waals surface area contributed by atoms with E-state index < -0.39 is 0 Å². The van der Waals surface area contributed by atoms with Gasteiger partial charge >= 0.3 is 0 Å². The fraction of sp³-hybridized carbons (Fsp3) is 0.217. The van der Waals surface area contributed by atoms with Crippen LogP contribution in [0.1, 0.15) is 29.2 Å². The third-order valence-electron chi connectivity index (χ3n) is 5.51. The Balaban J connectivity index is 1.42. The number of carbonyl (C=O) groups excluding carboxylic acids is 1. The SMILES string of the molecule is Cn1c(C(=O)Nc2cccc(-c3cn4c(n3)CCCC4)c2)cc2ccccc21. The molecular formula is C23H22N4O. The number of carbonyl (C=O) groups is 1. The molecule has 140 valence electrons. The molecule has 3 heterocycles. The molecule has 0 bridgehead atoms. The highest BCUT2D eigenvalue weighted by molar-refractivity contribution is 6.06. The van der Waals surface area contributed by atoms with E-state index in [2.05, 4.69) is 16.1 Å². The van der Waals surface area contributed by atoms with E-state index >= 15 is 0 Å². The molecule has 0 saturated carbocycles. The number of anilines is 1. The third kappa shape index (κ3) is 2.89. The first-order valence-electron chi connectivity index (χ1n) is 9.71. The van der Waals surface area contributed by atoms with E-state index in [9.17, 15) is 4.79 Å². The van der Waals surface area contributed by atoms with Crippen LogP contribution in [0.2, 0.25) is 0 Å². The summed E-state index contributed by atoms with van der Waals surface area (Å²) < 4.78 is 4.18. The van der Waals surface area contributed by atoms with Gasteiger partial charge in [-0.25, -0.2) is 4.98 Å². The van der Waals surface area contributed by atoms with Crippen LogP contribution in [0.5, 0.6) is 0 Å². The zero-order chi connectivity index (χ0) is 19.1. The Hall–Kier alpha value is -3.34. The van der Waals surface area contributed by atoms with Gasteiger partial charge < -0.3 is 14.5 Å². The molecule has 0 radical (unpaired) electrons. The Bertz CT molecular complexity index is 1160. The molecule has 2 aromatic heterocycles. The lowest BCUT2D eigenvalue weighted by molar-refractivity contribution is 0.102. The van der Waals surface area contributed by atoms with E-state index in [0.29, 0.717) is 5.69 Å². The summed E-state index contributed by atoms with van der Waals surface area (Å²) in [4.78, 5) is 17.6. The number of rotatable bonds is 3. The third-order valence-corrected chi connectivity index (χ3v) is 5.51. The molecule has 5 heteroatoms. The Morgan fingerprint density at radius 3 is 2.82 bits per heavy atom. The second-order valence-electron chi connectivity index (χ2n) is 7.38. The number of amides is 1. The molecule has 5 rings (SSSR count). The van der Waals surface area contributed by atoms with Crippen LogP contribution >= 0.6 is 0 Å². The molecule has 1 aliphatic heterocycles. The topological polar surface area (TPSA) is 51.9 Å². The number of hydrogen-bond donors (Lipinski definition) is 1. The van der Waals surface area contributed by atoms with Crippen molar-refractivity contribution in [3.05, 3.63) is 72.3 Å². The quantitative estimate of drug-likeness (QED) is 0.572. The maximum absolute atomic E-state index is 12.9. The number of imidazole rings is 1. The van der Waals surface area contributed by atoms with Crippen LogP contribution in [0.25, 0.3) is 22.2 Å². The Labute approximate surface area is 163 Å². The maximum Gasteiger partial charge on any atom is 0.272 e. The summed E-state index contributed by atoms with van der Waals surface area (Å²) in [5, 5.41) is 4.10. The van der Waals surface area contributed by atoms with Crippen molar-refractivity contribution in [2.24, 2.45) is 7.05 Å². The van der Waals surface area contributed by atoms with Gasteiger partial charge in [0, 0.05) is 48.4 Å². The van der Waals surface area contributed by atoms with Gasteiger partial charge in [0.2, 0.25) is 0 Å². The van der Waals surface area contributed by atoms with E-state index in [1.807, 2.05) is 66.2 Å². The number of fused-ring (bicyclic) bond motifs is 2. The van der Waals surface area contributed by atoms with Gasteiger partial charge in [-0.15, -0.1) is 0 Å². The van der Waals surface area contributed by atoms with E-state index in [0.717, 1.165) is 46.6 Å². The second-order valence-corrected chi connectivity index (χ2v) is 7.38. The lowest BCUT2D eigenvalue weighted by Gasteiger charge is -2.11. The lowest BCUT2D eigenvalue weighted by Crippen LogP contribution is -2.15. The summed E-state index contributed by atoms with van der Waals surface area (Å²) in [6, 6.07) is 17.9. The predicted molar refractivity (Wildman–Crippen MR) is 111 cm³/mol. The minimum absolute atomic E-state index is 0.111. The van der Waals surface area contributed by atoms with E-state index in [-0.39, 0.29) is 5.91 Å². The molecule has 1 N–H and O–H groups in total. The summed E-state index contributed by atoms with van der Waals surface area (Å²) >= 11 is 0. The first-order chi connectivity index (χ1) is 13.7. The number of nitrogens with one attached hydrogen (secondary N) is 1. The van der Waals surface area contributed by atoms with Crippen molar-refractivity contribution in [2.75, 3.05) is 5.32 Å². The monoisotopic (exact) mass is 370 g/mol. The molecule has 2 aromatic carbocycles. The van der Waals surface area contributed by atoms with E-state index in [1.54, 1.807) is 0 Å². The van der Waals surface area contributed by atoms with Crippen LogP contribution in [0, 0.1) is 0 Å². The largest absolute Gasteiger partial charge is 0.340 e. The lowest BCUT2D eigenvalue weighted by atomic mass is 10.1. The van der Waals surface area contributed by atoms with Crippen LogP contribution < -0.4 is 5.32 Å². The van der Waals surface area contributed by atoms with Crippen LogP contribution in [0.4, 0.5) is 5.69 Å². The first-order valence-corrected chi connectivity index (χ1v) is 9.71. The van der Waals surface area contributed by atoms with Gasteiger partial charge in [-0.3, -0.25) is 4.79 Å². The average molecular weight is 370 g/mol. The van der Waals surface area contributed by atoms with E-state index in [4.69, 9.17) is 4.98 Å². The van der Waals surface area contributed by atoms with Crippen molar-refractivity contribution in [1.82, 2.24) is 14.1 Å². The Kier molecular flexibility index (Phi) is 4.01. The molecule has 0 unspecified atom stereocenters. The molecule has 5 nitrogen and oxygen atoms in total. The summed E-state index contributed by atoms with van der Waals surface area (Å²) in [7, 11) is 1.92. The highest BCUT2D eigenvalue weighted by Crippen LogP contribution is 2.25. The number of aromatic nitrogens is 3. The number of benzene rings is 2. The highest BCUT2D eigenvalue weighted by atomic mass is 16.1. The van der Waals surface area contributed by atoms with Crippen molar-refractivity contribution in [2.45, 2.75) is 25.8 Å². The number of nitrogens with zero attached hydrogens (tertiary/aromatic N) is 3. The molecule has 1 aliphatic rings. The maximum atomic E-state index is 12.9. The standard InChI is InChI=1S/C23H22N4O/c1-26-20-10-3-2-7-17(20)14-21(26)23(28)24-18-9-6-8-16(13-18)19-15-27-12-5-4-11-22(27)25-19/h2-3,6-10,13-15H,4-5,11-12H2,1H3,(H,24,28). The van der Waals surface area contributed by atoms with Gasteiger partial charge in [0.25, 0.3) is 5.91 Å². The van der Waals surface area contributed by atoms with Crippen molar-refractivity contribution in [1.29, 1.82) is 0 Å². The Morgan fingerprint density at radius 2 is 1.96 bits per heavy atom. The van der Waals surface area contributed by atoms with Crippen molar-refractivity contribution in [3.63, 3.8) is 0 Å². The fourth-order valence-corrected chi connectivity index (χ4v) is 4.01. The minimum atomic E-state index is -0.111. The molecule has 0 spiro atoms. The molecule has 28 heavy (non-hydrogen) atoms. The van der Waals surface area contributed by atoms with Crippen LogP contribution in [0.15, 0.2) is 60.8 Å². The van der Waals surface area contributed by atoms with Gasteiger partial charge in [-0.1, -0.05) is 30.3 Å². The smallest absolute Gasteiger partial charge is 0.272 e. The predicted octanol–water partition coefficient (Wildman–Crippen LogP) is 4.63. The van der Waals surface area contributed by atoms with Crippen molar-refractivity contribution >= 4 is 22.5 Å². The van der Waals surface area contributed by atoms with Crippen molar-refractivity contribution < 1.29 is 4.79 Å². The zero-order valence-corrected chi connectivity index (χ0v) is 15.9. The number of para-hydroxylation sites is 1. The molecule has 0 fully saturated rings. The van der Waals surface area contributed by atoms with Crippen molar-refractivity contribution in [3.8, 4) is 11.3 Å².